The molecule has 0 radical (unpaired) electrons. The van der Waals surface area contributed by atoms with E-state index in [0.717, 1.165) is 53.7 Å². The van der Waals surface area contributed by atoms with E-state index < -0.39 is 0 Å². The summed E-state index contributed by atoms with van der Waals surface area (Å²) in [5, 5.41) is 0.316. The zero-order chi connectivity index (χ0) is 19.2. The highest BCUT2D eigenvalue weighted by Gasteiger charge is 2.23. The molecule has 0 N–H and O–H groups in total. The molecule has 0 spiro atoms. The normalized spacial score (nSPS) is 26.1. The molecule has 150 valence electrons. The lowest BCUT2D eigenvalue weighted by molar-refractivity contribution is 0.237. The third-order valence-electron chi connectivity index (χ3n) is 7.06. The van der Waals surface area contributed by atoms with Gasteiger partial charge < -0.3 is 0 Å². The number of hydrogen-bond donors (Lipinski definition) is 0. The van der Waals surface area contributed by atoms with Gasteiger partial charge in [-0.1, -0.05) is 88.6 Å². The van der Waals surface area contributed by atoms with Crippen molar-refractivity contribution >= 4 is 17.2 Å². The van der Waals surface area contributed by atoms with Crippen molar-refractivity contribution in [3.63, 3.8) is 0 Å². The molecule has 1 aromatic carbocycles. The molecule has 0 heterocycles. The van der Waals surface area contributed by atoms with Crippen LogP contribution in [0.2, 0.25) is 5.02 Å². The van der Waals surface area contributed by atoms with Crippen LogP contribution in [0.1, 0.15) is 95.6 Å². The highest BCUT2D eigenvalue weighted by Crippen LogP contribution is 2.39. The minimum Gasteiger partial charge on any atom is -0.205 e. The molecular formula is C25H36ClF. The SMILES string of the molecule is CCCC1CCC(CCC2CC=C(c3ccc(CC)c(Cl)c3F)CC2)CC1. The van der Waals surface area contributed by atoms with E-state index in [1.54, 1.807) is 0 Å². The molecule has 1 atom stereocenters. The third-order valence-corrected chi connectivity index (χ3v) is 7.46. The Labute approximate surface area is 170 Å². The van der Waals surface area contributed by atoms with Crippen molar-refractivity contribution in [2.45, 2.75) is 90.9 Å². The predicted octanol–water partition coefficient (Wildman–Crippen LogP) is 8.61. The van der Waals surface area contributed by atoms with Gasteiger partial charge in [-0.25, -0.2) is 4.39 Å². The fourth-order valence-corrected chi connectivity index (χ4v) is 5.49. The minimum atomic E-state index is -0.218. The van der Waals surface area contributed by atoms with Crippen LogP contribution in [0.25, 0.3) is 5.57 Å². The van der Waals surface area contributed by atoms with Crippen LogP contribution in [-0.4, -0.2) is 0 Å². The van der Waals surface area contributed by atoms with Crippen molar-refractivity contribution in [3.05, 3.63) is 40.2 Å². The van der Waals surface area contributed by atoms with Gasteiger partial charge in [0, 0.05) is 5.56 Å². The molecule has 0 aliphatic heterocycles. The van der Waals surface area contributed by atoms with Gasteiger partial charge in [0.2, 0.25) is 0 Å². The van der Waals surface area contributed by atoms with Crippen LogP contribution in [0.5, 0.6) is 0 Å². The smallest absolute Gasteiger partial charge is 0.149 e. The second-order valence-electron chi connectivity index (χ2n) is 8.88. The molecule has 3 rings (SSSR count). The van der Waals surface area contributed by atoms with Crippen molar-refractivity contribution in [1.29, 1.82) is 0 Å². The van der Waals surface area contributed by atoms with Crippen LogP contribution in [-0.2, 0) is 6.42 Å². The second-order valence-corrected chi connectivity index (χ2v) is 9.25. The van der Waals surface area contributed by atoms with Crippen LogP contribution in [0, 0.1) is 23.6 Å². The van der Waals surface area contributed by atoms with Gasteiger partial charge in [-0.2, -0.15) is 0 Å². The Balaban J connectivity index is 1.49. The largest absolute Gasteiger partial charge is 0.205 e. The van der Waals surface area contributed by atoms with Gasteiger partial charge in [0.15, 0.2) is 0 Å². The molecule has 0 saturated heterocycles. The summed E-state index contributed by atoms with van der Waals surface area (Å²) in [4.78, 5) is 0. The van der Waals surface area contributed by atoms with E-state index in [2.05, 4.69) is 13.0 Å². The Kier molecular flexibility index (Phi) is 7.82. The van der Waals surface area contributed by atoms with E-state index in [0.29, 0.717) is 5.02 Å². The van der Waals surface area contributed by atoms with Crippen molar-refractivity contribution < 1.29 is 4.39 Å². The van der Waals surface area contributed by atoms with Crippen LogP contribution in [0.4, 0.5) is 4.39 Å². The maximum atomic E-state index is 14.6. The average Bonchev–Trinajstić information content (AvgIpc) is 2.70. The Morgan fingerprint density at radius 1 is 0.926 bits per heavy atom. The summed E-state index contributed by atoms with van der Waals surface area (Å²) in [6, 6.07) is 3.92. The molecule has 27 heavy (non-hydrogen) atoms. The molecule has 0 amide bonds. The van der Waals surface area contributed by atoms with Crippen LogP contribution in [0.3, 0.4) is 0 Å². The van der Waals surface area contributed by atoms with Gasteiger partial charge in [-0.15, -0.1) is 0 Å². The predicted molar refractivity (Wildman–Crippen MR) is 116 cm³/mol. The Morgan fingerprint density at radius 3 is 2.19 bits per heavy atom. The number of aryl methyl sites for hydroxylation is 1. The molecule has 1 saturated carbocycles. The van der Waals surface area contributed by atoms with Gasteiger partial charge in [0.05, 0.1) is 5.02 Å². The molecule has 0 nitrogen and oxygen atoms in total. The topological polar surface area (TPSA) is 0 Å². The third kappa shape index (κ3) is 5.37. The average molecular weight is 391 g/mol. The maximum absolute atomic E-state index is 14.6. The van der Waals surface area contributed by atoms with Gasteiger partial charge in [0.1, 0.15) is 5.82 Å². The van der Waals surface area contributed by atoms with Gasteiger partial charge >= 0.3 is 0 Å². The van der Waals surface area contributed by atoms with Crippen LogP contribution >= 0.6 is 11.6 Å². The van der Waals surface area contributed by atoms with E-state index in [4.69, 9.17) is 11.6 Å². The Hall–Kier alpha value is -0.820. The molecule has 2 aliphatic carbocycles. The zero-order valence-electron chi connectivity index (χ0n) is 17.2. The zero-order valence-corrected chi connectivity index (χ0v) is 18.0. The fourth-order valence-electron chi connectivity index (χ4n) is 5.19. The van der Waals surface area contributed by atoms with Gasteiger partial charge in [-0.3, -0.25) is 0 Å². The minimum absolute atomic E-state index is 0.218. The highest BCUT2D eigenvalue weighted by molar-refractivity contribution is 6.31. The second kappa shape index (κ2) is 10.1. The molecule has 2 heteroatoms. The van der Waals surface area contributed by atoms with E-state index >= 15 is 0 Å². The first-order chi connectivity index (χ1) is 13.1. The Morgan fingerprint density at radius 2 is 1.59 bits per heavy atom. The van der Waals surface area contributed by atoms with Crippen molar-refractivity contribution in [1.82, 2.24) is 0 Å². The first-order valence-corrected chi connectivity index (χ1v) is 11.7. The number of rotatable bonds is 7. The monoisotopic (exact) mass is 390 g/mol. The van der Waals surface area contributed by atoms with Crippen molar-refractivity contribution in [2.75, 3.05) is 0 Å². The molecule has 2 aliphatic rings. The van der Waals surface area contributed by atoms with E-state index in [1.807, 2.05) is 19.1 Å². The standard InChI is InChI=1S/C25H36ClF/c1-3-5-18-6-8-19(9-7-18)10-11-20-12-14-22(15-13-20)23-17-16-21(4-2)24(26)25(23)27/h14,16-20H,3-13,15H2,1-2H3. The molecule has 1 unspecified atom stereocenters. The lowest BCUT2D eigenvalue weighted by atomic mass is 9.76. The molecular weight excluding hydrogens is 355 g/mol. The fraction of sp³-hybridized carbons (Fsp3) is 0.680. The lowest BCUT2D eigenvalue weighted by Gasteiger charge is -2.30. The number of benzene rings is 1. The molecule has 1 fully saturated rings. The summed E-state index contributed by atoms with van der Waals surface area (Å²) in [7, 11) is 0. The summed E-state index contributed by atoms with van der Waals surface area (Å²) in [6.45, 7) is 4.33. The summed E-state index contributed by atoms with van der Waals surface area (Å²) >= 11 is 6.21. The number of allylic oxidation sites excluding steroid dienone is 2. The van der Waals surface area contributed by atoms with E-state index in [-0.39, 0.29) is 5.82 Å². The first kappa shape index (κ1) is 20.9. The van der Waals surface area contributed by atoms with Crippen LogP contribution in [0.15, 0.2) is 18.2 Å². The number of halogens is 2. The maximum Gasteiger partial charge on any atom is 0.149 e. The Bertz CT molecular complexity index is 640. The van der Waals surface area contributed by atoms with E-state index in [1.165, 1.54) is 57.8 Å². The molecule has 1 aromatic rings. The van der Waals surface area contributed by atoms with Crippen LogP contribution < -0.4 is 0 Å². The highest BCUT2D eigenvalue weighted by atomic mass is 35.5. The van der Waals surface area contributed by atoms with Gasteiger partial charge in [-0.05, 0) is 61.0 Å². The molecule has 0 bridgehead atoms. The quantitative estimate of drug-likeness (QED) is 0.437. The summed E-state index contributed by atoms with van der Waals surface area (Å²) < 4.78 is 14.6. The summed E-state index contributed by atoms with van der Waals surface area (Å²) in [5.41, 5.74) is 2.79. The lowest BCUT2D eigenvalue weighted by Crippen LogP contribution is -2.16. The van der Waals surface area contributed by atoms with Gasteiger partial charge in [0.25, 0.3) is 0 Å². The number of hydrogen-bond acceptors (Lipinski definition) is 0. The van der Waals surface area contributed by atoms with E-state index in [9.17, 15) is 4.39 Å². The molecule has 0 aromatic heterocycles. The summed E-state index contributed by atoms with van der Waals surface area (Å²) in [6.07, 6.45) is 17.7. The first-order valence-electron chi connectivity index (χ1n) is 11.3. The van der Waals surface area contributed by atoms with Crippen molar-refractivity contribution in [3.8, 4) is 0 Å². The summed E-state index contributed by atoms with van der Waals surface area (Å²) in [5.74, 6) is 2.54. The van der Waals surface area contributed by atoms with Crippen molar-refractivity contribution in [2.24, 2.45) is 17.8 Å².